The van der Waals surface area contributed by atoms with E-state index in [1.54, 1.807) is 12.1 Å². The second-order valence-electron chi connectivity index (χ2n) is 3.11. The van der Waals surface area contributed by atoms with Gasteiger partial charge in [-0.3, -0.25) is 15.3 Å². The van der Waals surface area contributed by atoms with Crippen LogP contribution in [0.2, 0.25) is 0 Å². The number of halogens is 1. The molecule has 1 aromatic carbocycles. The van der Waals surface area contributed by atoms with Crippen molar-refractivity contribution < 1.29 is 14.5 Å². The highest BCUT2D eigenvalue weighted by Gasteiger charge is 2.35. The summed E-state index contributed by atoms with van der Waals surface area (Å²) in [5, 5.41) is 20.5. The van der Waals surface area contributed by atoms with Crippen LogP contribution in [-0.4, -0.2) is 10.1 Å². The molecule has 1 aromatic rings. The van der Waals surface area contributed by atoms with Crippen LogP contribution in [-0.2, 0) is 0 Å². The first kappa shape index (κ1) is 9.60. The molecule has 78 valence electrons. The molecule has 0 fully saturated rings. The largest absolute Gasteiger partial charge is 0.292 e. The van der Waals surface area contributed by atoms with Gasteiger partial charge in [0.25, 0.3) is 6.04 Å². The molecule has 1 aliphatic heterocycles. The maximum absolute atomic E-state index is 13.2. The van der Waals surface area contributed by atoms with Gasteiger partial charge in [-0.15, -0.1) is 0 Å². The number of para-hydroxylation sites is 1. The molecular formula is C9H7FN2O3. The Morgan fingerprint density at radius 1 is 1.47 bits per heavy atom. The van der Waals surface area contributed by atoms with E-state index in [2.05, 4.69) is 0 Å². The van der Waals surface area contributed by atoms with Crippen LogP contribution in [0, 0.1) is 10.1 Å². The summed E-state index contributed by atoms with van der Waals surface area (Å²) in [6.07, 6.45) is 0.704. The molecule has 0 aliphatic carbocycles. The van der Waals surface area contributed by atoms with Crippen LogP contribution in [0.3, 0.4) is 0 Å². The first-order chi connectivity index (χ1) is 7.11. The number of nitro groups is 1. The number of anilines is 1. The molecule has 0 spiro atoms. The Balaban J connectivity index is 2.58. The Morgan fingerprint density at radius 3 is 2.80 bits per heavy atom. The zero-order chi connectivity index (χ0) is 11.0. The van der Waals surface area contributed by atoms with E-state index >= 15 is 0 Å². The van der Waals surface area contributed by atoms with Gasteiger partial charge in [0.2, 0.25) is 0 Å². The fourth-order valence-electron chi connectivity index (χ4n) is 1.55. The van der Waals surface area contributed by atoms with Gasteiger partial charge in [0, 0.05) is 4.92 Å². The van der Waals surface area contributed by atoms with E-state index in [1.807, 2.05) is 0 Å². The van der Waals surface area contributed by atoms with E-state index in [0.29, 0.717) is 11.3 Å². The van der Waals surface area contributed by atoms with Crippen LogP contribution in [0.1, 0.15) is 11.6 Å². The molecule has 0 saturated heterocycles. The summed E-state index contributed by atoms with van der Waals surface area (Å²) in [6, 6.07) is 4.54. The van der Waals surface area contributed by atoms with Crippen molar-refractivity contribution in [3.05, 3.63) is 52.0 Å². The Hall–Kier alpha value is -1.95. The van der Waals surface area contributed by atoms with Crippen LogP contribution in [0.4, 0.5) is 10.1 Å². The molecule has 0 unspecified atom stereocenters. The number of hydroxylamine groups is 1. The molecule has 1 aliphatic rings. The second-order valence-corrected chi connectivity index (χ2v) is 3.11. The number of fused-ring (bicyclic) bond motifs is 1. The van der Waals surface area contributed by atoms with Gasteiger partial charge < -0.3 is 0 Å². The van der Waals surface area contributed by atoms with Gasteiger partial charge in [-0.05, 0) is 12.1 Å². The summed E-state index contributed by atoms with van der Waals surface area (Å²) in [5.74, 6) is -0.985. The molecule has 5 nitrogen and oxygen atoms in total. The number of hydrogen-bond donors (Lipinski definition) is 1. The molecule has 1 atom stereocenters. The summed E-state index contributed by atoms with van der Waals surface area (Å²) < 4.78 is 13.2. The van der Waals surface area contributed by atoms with Gasteiger partial charge in [0.1, 0.15) is 0 Å². The summed E-state index contributed by atoms with van der Waals surface area (Å²) >= 11 is 0. The van der Waals surface area contributed by atoms with E-state index in [1.165, 1.54) is 12.1 Å². The fraction of sp³-hybridized carbons (Fsp3) is 0.111. The van der Waals surface area contributed by atoms with E-state index in [9.17, 15) is 19.7 Å². The highest BCUT2D eigenvalue weighted by molar-refractivity contribution is 5.58. The first-order valence-electron chi connectivity index (χ1n) is 4.19. The standard InChI is InChI=1S/C9H7FN2O3/c10-7-5-11(13)8-4-2-1-3-6(8)9(7)12(14)15/h1-5,9,13H/t9-/m0/s1. The SMILES string of the molecule is O=[N+]([O-])[C@@H]1C(F)=CN(O)c2ccccc21. The van der Waals surface area contributed by atoms with Crippen LogP contribution >= 0.6 is 0 Å². The van der Waals surface area contributed by atoms with Crippen LogP contribution in [0.25, 0.3) is 0 Å². The van der Waals surface area contributed by atoms with Crippen molar-refractivity contribution in [1.29, 1.82) is 0 Å². The van der Waals surface area contributed by atoms with Crippen LogP contribution in [0.5, 0.6) is 0 Å². The van der Waals surface area contributed by atoms with Gasteiger partial charge in [0.05, 0.1) is 17.5 Å². The van der Waals surface area contributed by atoms with Crippen molar-refractivity contribution in [2.75, 3.05) is 5.06 Å². The quantitative estimate of drug-likeness (QED) is 0.568. The van der Waals surface area contributed by atoms with Gasteiger partial charge in [-0.2, -0.15) is 0 Å². The van der Waals surface area contributed by atoms with Crippen molar-refractivity contribution in [3.8, 4) is 0 Å². The highest BCUT2D eigenvalue weighted by atomic mass is 19.1. The zero-order valence-electron chi connectivity index (χ0n) is 7.50. The van der Waals surface area contributed by atoms with Crippen molar-refractivity contribution >= 4 is 5.69 Å². The molecule has 0 bridgehead atoms. The molecule has 0 saturated carbocycles. The van der Waals surface area contributed by atoms with E-state index in [-0.39, 0.29) is 11.3 Å². The predicted molar refractivity (Wildman–Crippen MR) is 49.6 cm³/mol. The van der Waals surface area contributed by atoms with Crippen molar-refractivity contribution in [3.63, 3.8) is 0 Å². The monoisotopic (exact) mass is 210 g/mol. The smallest absolute Gasteiger partial charge is 0.284 e. The number of hydrogen-bond acceptors (Lipinski definition) is 4. The lowest BCUT2D eigenvalue weighted by atomic mass is 10.0. The van der Waals surface area contributed by atoms with Gasteiger partial charge in [-0.25, -0.2) is 9.45 Å². The third-order valence-electron chi connectivity index (χ3n) is 2.20. The molecule has 2 rings (SSSR count). The van der Waals surface area contributed by atoms with Gasteiger partial charge in [-0.1, -0.05) is 12.1 Å². The average Bonchev–Trinajstić information content (AvgIpc) is 2.17. The minimum atomic E-state index is -1.52. The number of rotatable bonds is 1. The maximum Gasteiger partial charge on any atom is 0.292 e. The van der Waals surface area contributed by atoms with E-state index in [4.69, 9.17) is 0 Å². The Morgan fingerprint density at radius 2 is 2.13 bits per heavy atom. The lowest BCUT2D eigenvalue weighted by Crippen LogP contribution is -2.23. The molecule has 0 aromatic heterocycles. The summed E-state index contributed by atoms with van der Waals surface area (Å²) in [4.78, 5) is 9.93. The Kier molecular flexibility index (Phi) is 2.12. The van der Waals surface area contributed by atoms with E-state index < -0.39 is 16.8 Å². The van der Waals surface area contributed by atoms with Gasteiger partial charge in [0.15, 0.2) is 5.83 Å². The lowest BCUT2D eigenvalue weighted by Gasteiger charge is -2.22. The second kappa shape index (κ2) is 3.32. The zero-order valence-corrected chi connectivity index (χ0v) is 7.50. The summed E-state index contributed by atoms with van der Waals surface area (Å²) in [6.45, 7) is 0. The molecule has 6 heteroatoms. The maximum atomic E-state index is 13.2. The number of nitrogens with zero attached hydrogens (tertiary/aromatic N) is 2. The molecule has 1 N–H and O–H groups in total. The fourth-order valence-corrected chi connectivity index (χ4v) is 1.55. The van der Waals surface area contributed by atoms with E-state index in [0.717, 1.165) is 0 Å². The molecule has 0 radical (unpaired) electrons. The average molecular weight is 210 g/mol. The minimum absolute atomic E-state index is 0.144. The third kappa shape index (κ3) is 1.44. The predicted octanol–water partition coefficient (Wildman–Crippen LogP) is 2.02. The molecule has 1 heterocycles. The molecular weight excluding hydrogens is 203 g/mol. The lowest BCUT2D eigenvalue weighted by molar-refractivity contribution is -0.521. The minimum Gasteiger partial charge on any atom is -0.284 e. The van der Waals surface area contributed by atoms with Gasteiger partial charge >= 0.3 is 0 Å². The third-order valence-corrected chi connectivity index (χ3v) is 2.20. The summed E-state index contributed by atoms with van der Waals surface area (Å²) in [7, 11) is 0. The topological polar surface area (TPSA) is 66.6 Å². The van der Waals surface area contributed by atoms with Crippen molar-refractivity contribution in [2.24, 2.45) is 0 Å². The Bertz CT molecular complexity index is 447. The van der Waals surface area contributed by atoms with Crippen LogP contribution < -0.4 is 5.06 Å². The highest BCUT2D eigenvalue weighted by Crippen LogP contribution is 2.37. The van der Waals surface area contributed by atoms with Crippen LogP contribution in [0.15, 0.2) is 36.3 Å². The molecule has 0 amide bonds. The first-order valence-corrected chi connectivity index (χ1v) is 4.19. The Labute approximate surface area is 84.2 Å². The summed E-state index contributed by atoms with van der Waals surface area (Å²) in [5.41, 5.74) is 0.366. The normalized spacial score (nSPS) is 19.5. The van der Waals surface area contributed by atoms with Crippen molar-refractivity contribution in [1.82, 2.24) is 0 Å². The molecule has 15 heavy (non-hydrogen) atoms. The number of benzene rings is 1. The van der Waals surface area contributed by atoms with Crippen molar-refractivity contribution in [2.45, 2.75) is 6.04 Å².